The van der Waals surface area contributed by atoms with Crippen molar-refractivity contribution in [2.45, 2.75) is 52.5 Å². The van der Waals surface area contributed by atoms with Crippen molar-refractivity contribution in [1.29, 1.82) is 0 Å². The molecule has 2 N–H and O–H groups in total. The molecular formula is C27H38FN3O2. The van der Waals surface area contributed by atoms with Crippen LogP contribution in [-0.2, 0) is 11.2 Å². The van der Waals surface area contributed by atoms with Crippen molar-refractivity contribution in [2.24, 2.45) is 5.41 Å². The van der Waals surface area contributed by atoms with E-state index < -0.39 is 11.7 Å². The summed E-state index contributed by atoms with van der Waals surface area (Å²) in [6.07, 6.45) is 0.966. The molecular weight excluding hydrogens is 417 g/mol. The number of nitrogens with one attached hydrogen (secondary N) is 2. The van der Waals surface area contributed by atoms with Gasteiger partial charge in [0.05, 0.1) is 5.56 Å². The molecule has 0 radical (unpaired) electrons. The molecule has 33 heavy (non-hydrogen) atoms. The minimum atomic E-state index is -0.535. The lowest BCUT2D eigenvalue weighted by Gasteiger charge is -2.31. The van der Waals surface area contributed by atoms with E-state index in [1.165, 1.54) is 13.1 Å². The van der Waals surface area contributed by atoms with Gasteiger partial charge in [-0.15, -0.1) is 0 Å². The van der Waals surface area contributed by atoms with Crippen LogP contribution in [0.4, 0.5) is 4.39 Å². The molecule has 180 valence electrons. The Morgan fingerprint density at radius 3 is 2.27 bits per heavy atom. The fraction of sp³-hybridized carbons (Fsp3) is 0.481. The van der Waals surface area contributed by atoms with E-state index >= 15 is 0 Å². The summed E-state index contributed by atoms with van der Waals surface area (Å²) in [6.45, 7) is 8.79. The molecule has 0 aliphatic rings. The number of carbonyl (C=O) groups excluding carboxylic acids is 2. The topological polar surface area (TPSA) is 61.4 Å². The van der Waals surface area contributed by atoms with Crippen LogP contribution in [0.25, 0.3) is 0 Å². The third kappa shape index (κ3) is 7.39. The predicted molar refractivity (Wildman–Crippen MR) is 132 cm³/mol. The van der Waals surface area contributed by atoms with Crippen molar-refractivity contribution in [1.82, 2.24) is 15.5 Å². The Morgan fingerprint density at radius 2 is 1.73 bits per heavy atom. The monoisotopic (exact) mass is 455 g/mol. The molecule has 0 saturated carbocycles. The minimum absolute atomic E-state index is 0.00324. The fourth-order valence-electron chi connectivity index (χ4n) is 4.04. The zero-order valence-electron chi connectivity index (χ0n) is 21.0. The first-order chi connectivity index (χ1) is 15.4. The van der Waals surface area contributed by atoms with Crippen LogP contribution in [-0.4, -0.2) is 50.4 Å². The van der Waals surface area contributed by atoms with Crippen molar-refractivity contribution in [3.05, 3.63) is 70.5 Å². The largest absolute Gasteiger partial charge is 0.355 e. The Hall–Kier alpha value is -2.73. The molecule has 2 amide bonds. The third-order valence-corrected chi connectivity index (χ3v) is 6.25. The molecule has 0 aliphatic heterocycles. The number of amides is 2. The van der Waals surface area contributed by atoms with Crippen LogP contribution in [0, 0.1) is 18.2 Å². The van der Waals surface area contributed by atoms with Gasteiger partial charge in [0.15, 0.2) is 0 Å². The number of aryl methyl sites for hydroxylation is 1. The van der Waals surface area contributed by atoms with Crippen molar-refractivity contribution in [3.63, 3.8) is 0 Å². The van der Waals surface area contributed by atoms with E-state index in [-0.39, 0.29) is 28.8 Å². The Kier molecular flexibility index (Phi) is 9.17. The van der Waals surface area contributed by atoms with E-state index in [2.05, 4.69) is 43.5 Å². The van der Waals surface area contributed by atoms with E-state index in [0.29, 0.717) is 19.4 Å². The maximum Gasteiger partial charge on any atom is 0.254 e. The lowest BCUT2D eigenvalue weighted by Crippen LogP contribution is -2.42. The highest BCUT2D eigenvalue weighted by Gasteiger charge is 2.28. The number of hydrogen-bond acceptors (Lipinski definition) is 3. The fourth-order valence-corrected chi connectivity index (χ4v) is 4.04. The van der Waals surface area contributed by atoms with E-state index in [4.69, 9.17) is 0 Å². The Morgan fingerprint density at radius 1 is 1.09 bits per heavy atom. The molecule has 0 bridgehead atoms. The van der Waals surface area contributed by atoms with Gasteiger partial charge in [-0.3, -0.25) is 9.59 Å². The summed E-state index contributed by atoms with van der Waals surface area (Å²) >= 11 is 0. The highest BCUT2D eigenvalue weighted by Crippen LogP contribution is 2.37. The summed E-state index contributed by atoms with van der Waals surface area (Å²) in [5.41, 5.74) is 2.82. The Labute approximate surface area is 197 Å². The molecule has 5 nitrogen and oxygen atoms in total. The molecule has 0 unspecified atom stereocenters. The second-order valence-corrected chi connectivity index (χ2v) is 10.00. The van der Waals surface area contributed by atoms with Gasteiger partial charge in [-0.05, 0) is 67.6 Å². The summed E-state index contributed by atoms with van der Waals surface area (Å²) in [5, 5.41) is 5.55. The summed E-state index contributed by atoms with van der Waals surface area (Å²) in [7, 11) is 5.38. The Balaban J connectivity index is 2.09. The summed E-state index contributed by atoms with van der Waals surface area (Å²) < 4.78 is 14.5. The molecule has 0 fully saturated rings. The zero-order valence-corrected chi connectivity index (χ0v) is 21.0. The summed E-state index contributed by atoms with van der Waals surface area (Å²) in [4.78, 5) is 26.8. The maximum atomic E-state index is 14.5. The highest BCUT2D eigenvalue weighted by molar-refractivity contribution is 5.94. The second kappa shape index (κ2) is 11.4. The molecule has 6 heteroatoms. The third-order valence-electron chi connectivity index (χ3n) is 6.25. The van der Waals surface area contributed by atoms with Gasteiger partial charge >= 0.3 is 0 Å². The van der Waals surface area contributed by atoms with E-state index in [0.717, 1.165) is 16.7 Å². The highest BCUT2D eigenvalue weighted by atomic mass is 19.1. The van der Waals surface area contributed by atoms with E-state index in [1.54, 1.807) is 6.07 Å². The quantitative estimate of drug-likeness (QED) is 0.593. The van der Waals surface area contributed by atoms with Crippen molar-refractivity contribution in [2.75, 3.05) is 27.7 Å². The molecule has 2 aromatic carbocycles. The number of nitrogens with zero attached hydrogens (tertiary/aromatic N) is 1. The number of benzene rings is 2. The SMILES string of the molecule is CNC(=O)c1cc(C)c(C[C@@H](CNC(=O)C[C@H](c2ccccc2)C(C)(C)C)N(C)C)cc1F. The van der Waals surface area contributed by atoms with Crippen LogP contribution in [0.1, 0.15) is 60.2 Å². The maximum absolute atomic E-state index is 14.5. The molecule has 2 atom stereocenters. The smallest absolute Gasteiger partial charge is 0.254 e. The summed E-state index contributed by atoms with van der Waals surface area (Å²) in [5.74, 6) is -0.869. The van der Waals surface area contributed by atoms with Crippen molar-refractivity contribution in [3.8, 4) is 0 Å². The minimum Gasteiger partial charge on any atom is -0.355 e. The normalized spacial score (nSPS) is 13.5. The van der Waals surface area contributed by atoms with Gasteiger partial charge in [-0.1, -0.05) is 51.1 Å². The van der Waals surface area contributed by atoms with Crippen LogP contribution in [0.5, 0.6) is 0 Å². The van der Waals surface area contributed by atoms with Gasteiger partial charge in [-0.2, -0.15) is 0 Å². The average Bonchev–Trinajstić information content (AvgIpc) is 2.75. The first kappa shape index (κ1) is 26.5. The van der Waals surface area contributed by atoms with Crippen LogP contribution < -0.4 is 10.6 Å². The molecule has 0 heterocycles. The molecule has 0 spiro atoms. The van der Waals surface area contributed by atoms with E-state index in [1.807, 2.05) is 44.1 Å². The molecule has 2 rings (SSSR count). The lowest BCUT2D eigenvalue weighted by molar-refractivity contribution is -0.122. The standard InChI is InChI=1S/C27H38FN3O2/c1-18-13-22(26(33)29-5)24(28)15-20(18)14-21(31(6)7)17-30-25(32)16-23(27(2,3)4)19-11-9-8-10-12-19/h8-13,15,21,23H,14,16-17H2,1-7H3,(H,29,33)(H,30,32)/t21-,23+/m0/s1. The number of rotatable bonds is 9. The molecule has 2 aromatic rings. The lowest BCUT2D eigenvalue weighted by atomic mass is 9.74. The second-order valence-electron chi connectivity index (χ2n) is 10.00. The van der Waals surface area contributed by atoms with Gasteiger partial charge in [0, 0.05) is 26.1 Å². The Bertz CT molecular complexity index is 952. The molecule has 0 aromatic heterocycles. The summed E-state index contributed by atoms with van der Waals surface area (Å²) in [6, 6.07) is 13.2. The molecule has 0 aliphatic carbocycles. The zero-order chi connectivity index (χ0) is 24.8. The van der Waals surface area contributed by atoms with Crippen molar-refractivity contribution < 1.29 is 14.0 Å². The van der Waals surface area contributed by atoms with E-state index in [9.17, 15) is 14.0 Å². The first-order valence-corrected chi connectivity index (χ1v) is 11.4. The van der Waals surface area contributed by atoms with Crippen LogP contribution in [0.2, 0.25) is 0 Å². The molecule has 0 saturated heterocycles. The predicted octanol–water partition coefficient (Wildman–Crippen LogP) is 4.30. The first-order valence-electron chi connectivity index (χ1n) is 11.4. The average molecular weight is 456 g/mol. The number of likely N-dealkylation sites (N-methyl/N-ethyl adjacent to an activating group) is 1. The van der Waals surface area contributed by atoms with Gasteiger partial charge in [0.1, 0.15) is 5.82 Å². The number of carbonyl (C=O) groups is 2. The van der Waals surface area contributed by atoms with Gasteiger partial charge < -0.3 is 15.5 Å². The van der Waals surface area contributed by atoms with Crippen LogP contribution in [0.3, 0.4) is 0 Å². The van der Waals surface area contributed by atoms with Gasteiger partial charge in [0.2, 0.25) is 5.91 Å². The van der Waals surface area contributed by atoms with Gasteiger partial charge in [-0.25, -0.2) is 4.39 Å². The van der Waals surface area contributed by atoms with Crippen LogP contribution in [0.15, 0.2) is 42.5 Å². The number of hydrogen-bond donors (Lipinski definition) is 2. The van der Waals surface area contributed by atoms with Gasteiger partial charge in [0.25, 0.3) is 5.91 Å². The number of halogens is 1. The van der Waals surface area contributed by atoms with Crippen molar-refractivity contribution >= 4 is 11.8 Å². The van der Waals surface area contributed by atoms with Crippen LogP contribution >= 0.6 is 0 Å².